The molecule has 4 aromatic rings. The SMILES string of the molecule is CCn1c(COc2ccc(OC)cc2)nnc1SCC(=O)N1c2ccccc2Sc2ccccc21. The van der Waals surface area contributed by atoms with Crippen molar-refractivity contribution < 1.29 is 14.3 Å². The maximum Gasteiger partial charge on any atom is 0.242 e. The zero-order chi connectivity index (χ0) is 24.2. The van der Waals surface area contributed by atoms with Crippen LogP contribution in [0.2, 0.25) is 0 Å². The van der Waals surface area contributed by atoms with Gasteiger partial charge in [0, 0.05) is 16.3 Å². The Bertz CT molecular complexity index is 1300. The normalized spacial score (nSPS) is 12.1. The molecule has 0 fully saturated rings. The van der Waals surface area contributed by atoms with E-state index in [1.165, 1.54) is 11.8 Å². The van der Waals surface area contributed by atoms with Crippen molar-refractivity contribution in [2.24, 2.45) is 0 Å². The number of anilines is 2. The molecule has 1 aliphatic heterocycles. The summed E-state index contributed by atoms with van der Waals surface area (Å²) in [6.45, 7) is 2.99. The van der Waals surface area contributed by atoms with E-state index in [0.29, 0.717) is 17.5 Å². The standard InChI is InChI=1S/C26H24N4O3S2/c1-3-29-24(16-33-19-14-12-18(32-2)13-15-19)27-28-26(29)34-17-25(31)30-20-8-4-6-10-22(20)35-23-11-7-5-9-21(23)30/h4-15H,3,16-17H2,1-2H3. The summed E-state index contributed by atoms with van der Waals surface area (Å²) in [5.41, 5.74) is 1.82. The average Bonchev–Trinajstić information content (AvgIpc) is 3.31. The first-order chi connectivity index (χ1) is 17.2. The molecule has 7 nitrogen and oxygen atoms in total. The van der Waals surface area contributed by atoms with Gasteiger partial charge >= 0.3 is 0 Å². The number of carbonyl (C=O) groups excluding carboxylic acids is 1. The van der Waals surface area contributed by atoms with Gasteiger partial charge in [0.2, 0.25) is 5.91 Å². The van der Waals surface area contributed by atoms with Gasteiger partial charge in [-0.25, -0.2) is 0 Å². The number of ether oxygens (including phenoxy) is 2. The highest BCUT2D eigenvalue weighted by Gasteiger charge is 2.28. The summed E-state index contributed by atoms with van der Waals surface area (Å²) in [5, 5.41) is 9.34. The molecule has 5 rings (SSSR count). The van der Waals surface area contributed by atoms with Crippen LogP contribution in [-0.4, -0.2) is 33.5 Å². The number of carbonyl (C=O) groups is 1. The van der Waals surface area contributed by atoms with Gasteiger partial charge < -0.3 is 14.0 Å². The molecule has 1 aliphatic rings. The lowest BCUT2D eigenvalue weighted by molar-refractivity contribution is -0.115. The van der Waals surface area contributed by atoms with Crippen LogP contribution in [0, 0.1) is 0 Å². The Hall–Kier alpha value is -3.43. The number of benzene rings is 3. The number of thioether (sulfide) groups is 1. The molecule has 0 saturated carbocycles. The van der Waals surface area contributed by atoms with E-state index in [2.05, 4.69) is 10.2 Å². The van der Waals surface area contributed by atoms with Crippen LogP contribution < -0.4 is 14.4 Å². The molecule has 0 spiro atoms. The maximum atomic E-state index is 13.5. The summed E-state index contributed by atoms with van der Waals surface area (Å²) in [7, 11) is 1.63. The van der Waals surface area contributed by atoms with Gasteiger partial charge in [-0.1, -0.05) is 47.8 Å². The van der Waals surface area contributed by atoms with Crippen LogP contribution in [0.5, 0.6) is 11.5 Å². The molecular weight excluding hydrogens is 480 g/mol. The van der Waals surface area contributed by atoms with E-state index in [0.717, 1.165) is 32.7 Å². The molecule has 1 aromatic heterocycles. The highest BCUT2D eigenvalue weighted by Crippen LogP contribution is 2.48. The van der Waals surface area contributed by atoms with Crippen molar-refractivity contribution in [3.05, 3.63) is 78.6 Å². The molecule has 0 radical (unpaired) electrons. The number of aromatic nitrogens is 3. The Morgan fingerprint density at radius 2 is 1.54 bits per heavy atom. The van der Waals surface area contributed by atoms with Gasteiger partial charge in [-0.2, -0.15) is 0 Å². The fourth-order valence-corrected chi connectivity index (χ4v) is 5.76. The van der Waals surface area contributed by atoms with Crippen LogP contribution >= 0.6 is 23.5 Å². The minimum absolute atomic E-state index is 0.00288. The topological polar surface area (TPSA) is 69.5 Å². The summed E-state index contributed by atoms with van der Waals surface area (Å²) in [4.78, 5) is 17.4. The molecule has 0 N–H and O–H groups in total. The lowest BCUT2D eigenvalue weighted by atomic mass is 10.2. The molecule has 0 aliphatic carbocycles. The predicted molar refractivity (Wildman–Crippen MR) is 138 cm³/mol. The molecule has 1 amide bonds. The minimum atomic E-state index is -0.00288. The smallest absolute Gasteiger partial charge is 0.242 e. The molecule has 0 bridgehead atoms. The van der Waals surface area contributed by atoms with Gasteiger partial charge in [-0.05, 0) is 55.5 Å². The van der Waals surface area contributed by atoms with Crippen molar-refractivity contribution in [3.8, 4) is 11.5 Å². The van der Waals surface area contributed by atoms with E-state index in [4.69, 9.17) is 9.47 Å². The van der Waals surface area contributed by atoms with Crippen molar-refractivity contribution in [1.29, 1.82) is 0 Å². The number of hydrogen-bond donors (Lipinski definition) is 0. The summed E-state index contributed by atoms with van der Waals surface area (Å²) >= 11 is 3.07. The second-order valence-electron chi connectivity index (χ2n) is 7.66. The molecule has 2 heterocycles. The summed E-state index contributed by atoms with van der Waals surface area (Å²) in [5.74, 6) is 2.45. The monoisotopic (exact) mass is 504 g/mol. The first kappa shape index (κ1) is 23.3. The van der Waals surface area contributed by atoms with Crippen LogP contribution in [-0.2, 0) is 17.9 Å². The van der Waals surface area contributed by atoms with Crippen LogP contribution in [0.1, 0.15) is 12.7 Å². The Morgan fingerprint density at radius 1 is 0.914 bits per heavy atom. The highest BCUT2D eigenvalue weighted by atomic mass is 32.2. The van der Waals surface area contributed by atoms with Crippen LogP contribution in [0.4, 0.5) is 11.4 Å². The third-order valence-electron chi connectivity index (χ3n) is 5.54. The summed E-state index contributed by atoms with van der Waals surface area (Å²) < 4.78 is 13.0. The molecule has 178 valence electrons. The van der Waals surface area contributed by atoms with Gasteiger partial charge in [-0.15, -0.1) is 10.2 Å². The van der Waals surface area contributed by atoms with Gasteiger partial charge in [0.15, 0.2) is 11.0 Å². The third kappa shape index (κ3) is 4.87. The number of amides is 1. The average molecular weight is 505 g/mol. The predicted octanol–water partition coefficient (Wildman–Crippen LogP) is 5.81. The molecule has 9 heteroatoms. The van der Waals surface area contributed by atoms with Gasteiger partial charge in [0.1, 0.15) is 18.1 Å². The van der Waals surface area contributed by atoms with Crippen molar-refractivity contribution in [2.45, 2.75) is 35.0 Å². The van der Waals surface area contributed by atoms with E-state index in [-0.39, 0.29) is 18.3 Å². The lowest BCUT2D eigenvalue weighted by Crippen LogP contribution is -2.30. The molecule has 0 saturated heterocycles. The van der Waals surface area contributed by atoms with E-state index in [1.807, 2.05) is 89.2 Å². The zero-order valence-electron chi connectivity index (χ0n) is 19.4. The second kappa shape index (κ2) is 10.5. The number of nitrogens with zero attached hydrogens (tertiary/aromatic N) is 4. The largest absolute Gasteiger partial charge is 0.497 e. The summed E-state index contributed by atoms with van der Waals surface area (Å²) in [6.07, 6.45) is 0. The molecule has 35 heavy (non-hydrogen) atoms. The lowest BCUT2D eigenvalue weighted by Gasteiger charge is -2.30. The Morgan fingerprint density at radius 3 is 2.17 bits per heavy atom. The highest BCUT2D eigenvalue weighted by molar-refractivity contribution is 8.00. The van der Waals surface area contributed by atoms with Crippen molar-refractivity contribution in [2.75, 3.05) is 17.8 Å². The quantitative estimate of drug-likeness (QED) is 0.281. The number of hydrogen-bond acceptors (Lipinski definition) is 7. The van der Waals surface area contributed by atoms with Crippen LogP contribution in [0.3, 0.4) is 0 Å². The van der Waals surface area contributed by atoms with Gasteiger partial charge in [-0.3, -0.25) is 9.69 Å². The number of para-hydroxylation sites is 2. The number of rotatable bonds is 8. The first-order valence-electron chi connectivity index (χ1n) is 11.2. The second-order valence-corrected chi connectivity index (χ2v) is 9.69. The van der Waals surface area contributed by atoms with E-state index in [9.17, 15) is 4.79 Å². The zero-order valence-corrected chi connectivity index (χ0v) is 21.0. The van der Waals surface area contributed by atoms with Crippen molar-refractivity contribution in [1.82, 2.24) is 14.8 Å². The third-order valence-corrected chi connectivity index (χ3v) is 7.63. The summed E-state index contributed by atoms with van der Waals surface area (Å²) in [6, 6.07) is 23.4. The van der Waals surface area contributed by atoms with Crippen LogP contribution in [0.15, 0.2) is 87.7 Å². The fraction of sp³-hybridized carbons (Fsp3) is 0.192. The van der Waals surface area contributed by atoms with Gasteiger partial charge in [0.25, 0.3) is 0 Å². The van der Waals surface area contributed by atoms with Crippen molar-refractivity contribution in [3.63, 3.8) is 0 Å². The number of methoxy groups -OCH3 is 1. The van der Waals surface area contributed by atoms with E-state index >= 15 is 0 Å². The van der Waals surface area contributed by atoms with Gasteiger partial charge in [0.05, 0.1) is 24.2 Å². The Balaban J connectivity index is 1.29. The Labute approximate surface area is 212 Å². The molecule has 0 atom stereocenters. The fourth-order valence-electron chi connectivity index (χ4n) is 3.83. The first-order valence-corrected chi connectivity index (χ1v) is 13.0. The number of fused-ring (bicyclic) bond motifs is 2. The molecule has 0 unspecified atom stereocenters. The maximum absolute atomic E-state index is 13.5. The molecular formula is C26H24N4O3S2. The molecule has 3 aromatic carbocycles. The van der Waals surface area contributed by atoms with Crippen molar-refractivity contribution >= 4 is 40.8 Å². The van der Waals surface area contributed by atoms with E-state index < -0.39 is 0 Å². The van der Waals surface area contributed by atoms with E-state index in [1.54, 1.807) is 18.9 Å². The van der Waals surface area contributed by atoms with Crippen LogP contribution in [0.25, 0.3) is 0 Å². The minimum Gasteiger partial charge on any atom is -0.497 e. The Kier molecular flexibility index (Phi) is 6.96.